The molecule has 2 aromatic rings. The molecule has 0 saturated heterocycles. The first-order chi connectivity index (χ1) is 12.4. The van der Waals surface area contributed by atoms with E-state index in [1.807, 2.05) is 0 Å². The van der Waals surface area contributed by atoms with Crippen LogP contribution in [0.4, 0.5) is 0 Å². The molecular formula is C25H32. The molecule has 2 aromatic carbocycles. The summed E-state index contributed by atoms with van der Waals surface area (Å²) in [6.45, 7) is 0. The van der Waals surface area contributed by atoms with Gasteiger partial charge in [0.05, 0.1) is 0 Å². The van der Waals surface area contributed by atoms with Gasteiger partial charge < -0.3 is 0 Å². The van der Waals surface area contributed by atoms with Gasteiger partial charge in [-0.15, -0.1) is 0 Å². The maximum Gasteiger partial charge on any atom is -0.00133 e. The maximum atomic E-state index is 2.46. The predicted molar refractivity (Wildman–Crippen MR) is 108 cm³/mol. The van der Waals surface area contributed by atoms with Gasteiger partial charge in [0.15, 0.2) is 0 Å². The zero-order chi connectivity index (χ0) is 16.9. The van der Waals surface area contributed by atoms with E-state index in [4.69, 9.17) is 0 Å². The highest BCUT2D eigenvalue weighted by Gasteiger charge is 2.22. The Balaban J connectivity index is 1.64. The first-order valence-electron chi connectivity index (χ1n) is 10.7. The van der Waals surface area contributed by atoms with Gasteiger partial charge in [0.25, 0.3) is 0 Å². The van der Waals surface area contributed by atoms with E-state index in [1.165, 1.54) is 88.2 Å². The van der Waals surface area contributed by atoms with E-state index in [1.54, 1.807) is 22.3 Å². The highest BCUT2D eigenvalue weighted by Crippen LogP contribution is 2.41. The Morgan fingerprint density at radius 1 is 0.480 bits per heavy atom. The Kier molecular flexibility index (Phi) is 5.55. The van der Waals surface area contributed by atoms with Crippen molar-refractivity contribution in [3.8, 4) is 11.1 Å². The second kappa shape index (κ2) is 8.21. The van der Waals surface area contributed by atoms with E-state index in [9.17, 15) is 0 Å². The SMILES string of the molecule is c1ccc2c(c1)Cc1ccc3c(c1-2)CCCCCCCCCCCC3. The third-order valence-electron chi connectivity index (χ3n) is 6.29. The van der Waals surface area contributed by atoms with E-state index in [0.29, 0.717) is 0 Å². The van der Waals surface area contributed by atoms with Gasteiger partial charge in [-0.2, -0.15) is 0 Å². The molecule has 0 fully saturated rings. The molecule has 0 amide bonds. The summed E-state index contributed by atoms with van der Waals surface area (Å²) >= 11 is 0. The molecule has 0 bridgehead atoms. The van der Waals surface area contributed by atoms with E-state index >= 15 is 0 Å². The second-order valence-electron chi connectivity index (χ2n) is 8.11. The van der Waals surface area contributed by atoms with Crippen molar-refractivity contribution in [1.29, 1.82) is 0 Å². The fourth-order valence-corrected chi connectivity index (χ4v) is 4.90. The molecule has 0 atom stereocenters. The number of hydrogen-bond acceptors (Lipinski definition) is 0. The number of rotatable bonds is 0. The van der Waals surface area contributed by atoms with Crippen LogP contribution in [0, 0.1) is 0 Å². The lowest BCUT2D eigenvalue weighted by molar-refractivity contribution is 0.546. The highest BCUT2D eigenvalue weighted by atomic mass is 14.3. The summed E-state index contributed by atoms with van der Waals surface area (Å²) in [5, 5.41) is 0. The van der Waals surface area contributed by atoms with Crippen LogP contribution < -0.4 is 0 Å². The first kappa shape index (κ1) is 16.9. The van der Waals surface area contributed by atoms with Crippen LogP contribution in [0.25, 0.3) is 11.1 Å². The van der Waals surface area contributed by atoms with Gasteiger partial charge in [-0.05, 0) is 65.5 Å². The third-order valence-corrected chi connectivity index (χ3v) is 6.29. The standard InChI is InChI=1S/C25H32/c1-2-4-6-8-10-15-23-20(13-9-7-5-3-1)17-18-22-19-21-14-11-12-16-24(21)25(22)23/h11-12,14,16-18H,1-10,13,15,19H2. The van der Waals surface area contributed by atoms with Crippen LogP contribution in [0.5, 0.6) is 0 Å². The normalized spacial score (nSPS) is 18.7. The van der Waals surface area contributed by atoms with Gasteiger partial charge in [0, 0.05) is 0 Å². The van der Waals surface area contributed by atoms with Crippen molar-refractivity contribution >= 4 is 0 Å². The summed E-state index contributed by atoms with van der Waals surface area (Å²) in [7, 11) is 0. The maximum absolute atomic E-state index is 2.46. The van der Waals surface area contributed by atoms with Crippen molar-refractivity contribution in [2.75, 3.05) is 0 Å². The van der Waals surface area contributed by atoms with Gasteiger partial charge in [0.1, 0.15) is 0 Å². The lowest BCUT2D eigenvalue weighted by Crippen LogP contribution is -2.00. The fourth-order valence-electron chi connectivity index (χ4n) is 4.90. The fraction of sp³-hybridized carbons (Fsp3) is 0.520. The molecule has 25 heavy (non-hydrogen) atoms. The molecule has 0 heterocycles. The van der Waals surface area contributed by atoms with Crippen LogP contribution >= 0.6 is 0 Å². The van der Waals surface area contributed by atoms with Crippen LogP contribution in [-0.2, 0) is 19.3 Å². The summed E-state index contributed by atoms with van der Waals surface area (Å²) < 4.78 is 0. The number of fused-ring (bicyclic) bond motifs is 5. The molecule has 0 heteroatoms. The predicted octanol–water partition coefficient (Wildman–Crippen LogP) is 7.26. The lowest BCUT2D eigenvalue weighted by atomic mass is 9.88. The summed E-state index contributed by atoms with van der Waals surface area (Å²) in [6.07, 6.45) is 17.9. The van der Waals surface area contributed by atoms with E-state index in [-0.39, 0.29) is 0 Å². The molecule has 132 valence electrons. The number of benzene rings is 2. The summed E-state index contributed by atoms with van der Waals surface area (Å²) in [5.74, 6) is 0. The molecule has 0 spiro atoms. The van der Waals surface area contributed by atoms with Gasteiger partial charge >= 0.3 is 0 Å². The summed E-state index contributed by atoms with van der Waals surface area (Å²) in [6, 6.07) is 14.0. The average molecular weight is 333 g/mol. The van der Waals surface area contributed by atoms with Gasteiger partial charge in [-0.1, -0.05) is 87.8 Å². The van der Waals surface area contributed by atoms with Gasteiger partial charge in [-0.25, -0.2) is 0 Å². The van der Waals surface area contributed by atoms with Crippen LogP contribution in [0.2, 0.25) is 0 Å². The van der Waals surface area contributed by atoms with Crippen molar-refractivity contribution in [2.24, 2.45) is 0 Å². The summed E-state index contributed by atoms with van der Waals surface area (Å²) in [4.78, 5) is 0. The third kappa shape index (κ3) is 3.84. The molecule has 0 aromatic heterocycles. The Morgan fingerprint density at radius 2 is 1.08 bits per heavy atom. The zero-order valence-electron chi connectivity index (χ0n) is 15.7. The Labute approximate surface area is 153 Å². The highest BCUT2D eigenvalue weighted by molar-refractivity contribution is 5.80. The van der Waals surface area contributed by atoms with E-state index in [2.05, 4.69) is 36.4 Å². The van der Waals surface area contributed by atoms with Crippen molar-refractivity contribution in [2.45, 2.75) is 83.5 Å². The molecule has 0 aliphatic heterocycles. The molecule has 0 nitrogen and oxygen atoms in total. The molecule has 0 saturated carbocycles. The quantitative estimate of drug-likeness (QED) is 0.406. The minimum Gasteiger partial charge on any atom is -0.0619 e. The monoisotopic (exact) mass is 332 g/mol. The van der Waals surface area contributed by atoms with Gasteiger partial charge in [0.2, 0.25) is 0 Å². The lowest BCUT2D eigenvalue weighted by Gasteiger charge is -2.16. The Morgan fingerprint density at radius 3 is 1.84 bits per heavy atom. The van der Waals surface area contributed by atoms with Crippen LogP contribution in [0.3, 0.4) is 0 Å². The smallest absolute Gasteiger partial charge is 0.00133 e. The van der Waals surface area contributed by atoms with Crippen molar-refractivity contribution in [3.05, 3.63) is 58.7 Å². The molecule has 4 rings (SSSR count). The molecule has 0 radical (unpaired) electrons. The molecular weight excluding hydrogens is 300 g/mol. The van der Waals surface area contributed by atoms with Crippen LogP contribution in [0.1, 0.15) is 86.5 Å². The summed E-state index contributed by atoms with van der Waals surface area (Å²) in [5.41, 5.74) is 9.58. The van der Waals surface area contributed by atoms with Crippen LogP contribution in [-0.4, -0.2) is 0 Å². The van der Waals surface area contributed by atoms with Crippen molar-refractivity contribution in [1.82, 2.24) is 0 Å². The first-order valence-corrected chi connectivity index (χ1v) is 10.7. The minimum absolute atomic E-state index is 1.14. The van der Waals surface area contributed by atoms with E-state index < -0.39 is 0 Å². The minimum atomic E-state index is 1.14. The van der Waals surface area contributed by atoms with E-state index in [0.717, 1.165) is 6.42 Å². The van der Waals surface area contributed by atoms with Crippen molar-refractivity contribution in [3.63, 3.8) is 0 Å². The second-order valence-corrected chi connectivity index (χ2v) is 8.11. The zero-order valence-corrected chi connectivity index (χ0v) is 15.7. The van der Waals surface area contributed by atoms with Crippen molar-refractivity contribution < 1.29 is 0 Å². The number of hydrogen-bond donors (Lipinski definition) is 0. The molecule has 2 aliphatic carbocycles. The largest absolute Gasteiger partial charge is 0.0619 e. The van der Waals surface area contributed by atoms with Gasteiger partial charge in [-0.3, -0.25) is 0 Å². The Bertz CT molecular complexity index is 710. The average Bonchev–Trinajstić information content (AvgIpc) is 3.02. The topological polar surface area (TPSA) is 0 Å². The molecule has 0 unspecified atom stereocenters. The Hall–Kier alpha value is -1.56. The molecule has 0 N–H and O–H groups in total. The van der Waals surface area contributed by atoms with Crippen LogP contribution in [0.15, 0.2) is 36.4 Å². The number of aryl methyl sites for hydroxylation is 1. The molecule has 2 aliphatic rings.